The van der Waals surface area contributed by atoms with Crippen molar-refractivity contribution in [2.45, 2.75) is 26.2 Å². The van der Waals surface area contributed by atoms with Crippen LogP contribution in [0.15, 0.2) is 24.3 Å². The Bertz CT molecular complexity index is 224. The standard InChI is InChI=1S/C11H17NO/c1-3-7-10(2)11(13)12-8-5-4-6-9-12/h3,7H,1,4-6,8-9H2,2H3. The number of carbonyl (C=O) groups is 1. The molecule has 1 fully saturated rings. The maximum Gasteiger partial charge on any atom is 0.249 e. The number of carbonyl (C=O) groups excluding carboxylic acids is 1. The molecular weight excluding hydrogens is 162 g/mol. The van der Waals surface area contributed by atoms with Crippen molar-refractivity contribution in [3.63, 3.8) is 0 Å². The van der Waals surface area contributed by atoms with Crippen molar-refractivity contribution in [1.29, 1.82) is 0 Å². The Hall–Kier alpha value is -1.05. The van der Waals surface area contributed by atoms with E-state index < -0.39 is 0 Å². The number of likely N-dealkylation sites (tertiary alicyclic amines) is 1. The minimum Gasteiger partial charge on any atom is -0.339 e. The Morgan fingerprint density at radius 2 is 1.92 bits per heavy atom. The maximum absolute atomic E-state index is 11.7. The van der Waals surface area contributed by atoms with Gasteiger partial charge in [-0.2, -0.15) is 0 Å². The monoisotopic (exact) mass is 179 g/mol. The van der Waals surface area contributed by atoms with Gasteiger partial charge >= 0.3 is 0 Å². The van der Waals surface area contributed by atoms with Crippen LogP contribution in [0.2, 0.25) is 0 Å². The Kier molecular flexibility index (Phi) is 3.74. The molecule has 2 heteroatoms. The molecule has 0 aromatic rings. The zero-order chi connectivity index (χ0) is 9.68. The molecule has 1 aliphatic rings. The average molecular weight is 179 g/mol. The molecule has 0 aromatic heterocycles. The van der Waals surface area contributed by atoms with Gasteiger partial charge in [0.15, 0.2) is 0 Å². The summed E-state index contributed by atoms with van der Waals surface area (Å²) in [4.78, 5) is 13.6. The Balaban J connectivity index is 2.55. The normalized spacial score (nSPS) is 18.5. The summed E-state index contributed by atoms with van der Waals surface area (Å²) in [6.07, 6.45) is 6.99. The van der Waals surface area contributed by atoms with Crippen LogP contribution >= 0.6 is 0 Å². The Morgan fingerprint density at radius 1 is 1.31 bits per heavy atom. The zero-order valence-electron chi connectivity index (χ0n) is 8.25. The number of allylic oxidation sites excluding steroid dienone is 2. The van der Waals surface area contributed by atoms with E-state index in [1.54, 1.807) is 12.2 Å². The summed E-state index contributed by atoms with van der Waals surface area (Å²) in [7, 11) is 0. The lowest BCUT2D eigenvalue weighted by atomic mass is 10.1. The van der Waals surface area contributed by atoms with Crippen LogP contribution in [0.3, 0.4) is 0 Å². The third-order valence-electron chi connectivity index (χ3n) is 2.35. The van der Waals surface area contributed by atoms with Gasteiger partial charge in [0.2, 0.25) is 5.91 Å². The topological polar surface area (TPSA) is 20.3 Å². The van der Waals surface area contributed by atoms with E-state index in [1.807, 2.05) is 11.8 Å². The fraction of sp³-hybridized carbons (Fsp3) is 0.545. The van der Waals surface area contributed by atoms with Gasteiger partial charge in [0.25, 0.3) is 0 Å². The van der Waals surface area contributed by atoms with Crippen LogP contribution in [-0.2, 0) is 4.79 Å². The van der Waals surface area contributed by atoms with Crippen molar-refractivity contribution in [3.8, 4) is 0 Å². The number of amides is 1. The number of nitrogens with zero attached hydrogens (tertiary/aromatic N) is 1. The molecule has 0 aliphatic carbocycles. The first-order valence-electron chi connectivity index (χ1n) is 4.84. The number of rotatable bonds is 2. The van der Waals surface area contributed by atoms with Gasteiger partial charge < -0.3 is 4.90 Å². The van der Waals surface area contributed by atoms with Crippen molar-refractivity contribution in [2.24, 2.45) is 0 Å². The predicted octanol–water partition coefficient (Wildman–Crippen LogP) is 2.13. The van der Waals surface area contributed by atoms with Gasteiger partial charge in [-0.05, 0) is 26.2 Å². The second-order valence-electron chi connectivity index (χ2n) is 3.44. The highest BCUT2D eigenvalue weighted by atomic mass is 16.2. The summed E-state index contributed by atoms with van der Waals surface area (Å²) in [5, 5.41) is 0. The number of piperidine rings is 1. The van der Waals surface area contributed by atoms with Crippen molar-refractivity contribution >= 4 is 5.91 Å². The highest BCUT2D eigenvalue weighted by molar-refractivity contribution is 5.93. The van der Waals surface area contributed by atoms with Gasteiger partial charge in [-0.3, -0.25) is 4.79 Å². The average Bonchev–Trinajstić information content (AvgIpc) is 2.18. The first-order valence-corrected chi connectivity index (χ1v) is 4.84. The highest BCUT2D eigenvalue weighted by Gasteiger charge is 2.16. The molecule has 0 spiro atoms. The van der Waals surface area contributed by atoms with Crippen molar-refractivity contribution < 1.29 is 4.79 Å². The van der Waals surface area contributed by atoms with E-state index in [2.05, 4.69) is 6.58 Å². The molecule has 0 bridgehead atoms. The number of hydrogen-bond donors (Lipinski definition) is 0. The third kappa shape index (κ3) is 2.72. The maximum atomic E-state index is 11.7. The fourth-order valence-electron chi connectivity index (χ4n) is 1.59. The van der Waals surface area contributed by atoms with Gasteiger partial charge in [0, 0.05) is 18.7 Å². The van der Waals surface area contributed by atoms with Gasteiger partial charge in [0.05, 0.1) is 0 Å². The Labute approximate surface area is 79.9 Å². The van der Waals surface area contributed by atoms with Crippen LogP contribution < -0.4 is 0 Å². The molecule has 1 saturated heterocycles. The second-order valence-corrected chi connectivity index (χ2v) is 3.44. The van der Waals surface area contributed by atoms with E-state index >= 15 is 0 Å². The molecular formula is C11H17NO. The molecule has 72 valence electrons. The van der Waals surface area contributed by atoms with Crippen LogP contribution in [0.5, 0.6) is 0 Å². The second kappa shape index (κ2) is 4.85. The van der Waals surface area contributed by atoms with Crippen LogP contribution in [-0.4, -0.2) is 23.9 Å². The van der Waals surface area contributed by atoms with E-state index in [-0.39, 0.29) is 5.91 Å². The summed E-state index contributed by atoms with van der Waals surface area (Å²) in [6, 6.07) is 0. The molecule has 0 saturated carbocycles. The van der Waals surface area contributed by atoms with Crippen molar-refractivity contribution in [1.82, 2.24) is 4.90 Å². The molecule has 1 aliphatic heterocycles. The first-order chi connectivity index (χ1) is 6.25. The molecule has 0 aromatic carbocycles. The molecule has 0 N–H and O–H groups in total. The summed E-state index contributed by atoms with van der Waals surface area (Å²) in [5.74, 6) is 0.166. The molecule has 1 amide bonds. The highest BCUT2D eigenvalue weighted by Crippen LogP contribution is 2.11. The van der Waals surface area contributed by atoms with Crippen LogP contribution in [0.4, 0.5) is 0 Å². The molecule has 2 nitrogen and oxygen atoms in total. The van der Waals surface area contributed by atoms with Gasteiger partial charge in [0.1, 0.15) is 0 Å². The Morgan fingerprint density at radius 3 is 2.46 bits per heavy atom. The lowest BCUT2D eigenvalue weighted by Crippen LogP contribution is -2.36. The van der Waals surface area contributed by atoms with Crippen molar-refractivity contribution in [2.75, 3.05) is 13.1 Å². The van der Waals surface area contributed by atoms with Gasteiger partial charge in [-0.25, -0.2) is 0 Å². The molecule has 0 unspecified atom stereocenters. The van der Waals surface area contributed by atoms with Crippen molar-refractivity contribution in [3.05, 3.63) is 24.3 Å². The summed E-state index contributed by atoms with van der Waals surface area (Å²) in [6.45, 7) is 7.26. The van der Waals surface area contributed by atoms with Crippen LogP contribution in [0.25, 0.3) is 0 Å². The third-order valence-corrected chi connectivity index (χ3v) is 2.35. The lowest BCUT2D eigenvalue weighted by molar-refractivity contribution is -0.127. The van der Waals surface area contributed by atoms with E-state index in [0.29, 0.717) is 0 Å². The molecule has 0 atom stereocenters. The molecule has 1 heterocycles. The summed E-state index contributed by atoms with van der Waals surface area (Å²) in [5.41, 5.74) is 0.789. The minimum absolute atomic E-state index is 0.166. The van der Waals surface area contributed by atoms with E-state index in [9.17, 15) is 4.79 Å². The SMILES string of the molecule is C=CC=C(C)C(=O)N1CCCCC1. The summed E-state index contributed by atoms with van der Waals surface area (Å²) >= 11 is 0. The fourth-order valence-corrected chi connectivity index (χ4v) is 1.59. The largest absolute Gasteiger partial charge is 0.339 e. The van der Waals surface area contributed by atoms with E-state index in [0.717, 1.165) is 31.5 Å². The van der Waals surface area contributed by atoms with Crippen LogP contribution in [0, 0.1) is 0 Å². The van der Waals surface area contributed by atoms with Gasteiger partial charge in [-0.1, -0.05) is 18.7 Å². The van der Waals surface area contributed by atoms with Gasteiger partial charge in [-0.15, -0.1) is 0 Å². The predicted molar refractivity (Wildman–Crippen MR) is 54.4 cm³/mol. The first kappa shape index (κ1) is 10.0. The number of hydrogen-bond acceptors (Lipinski definition) is 1. The molecule has 13 heavy (non-hydrogen) atoms. The minimum atomic E-state index is 0.166. The van der Waals surface area contributed by atoms with E-state index in [4.69, 9.17) is 0 Å². The zero-order valence-corrected chi connectivity index (χ0v) is 8.25. The smallest absolute Gasteiger partial charge is 0.249 e. The quantitative estimate of drug-likeness (QED) is 0.469. The van der Waals surface area contributed by atoms with Crippen LogP contribution in [0.1, 0.15) is 26.2 Å². The molecule has 1 rings (SSSR count). The lowest BCUT2D eigenvalue weighted by Gasteiger charge is -2.26. The molecule has 0 radical (unpaired) electrons. The summed E-state index contributed by atoms with van der Waals surface area (Å²) < 4.78 is 0. The van der Waals surface area contributed by atoms with E-state index in [1.165, 1.54) is 6.42 Å².